The quantitative estimate of drug-likeness (QED) is 0.218. The Kier molecular flexibility index (Phi) is 10.1. The van der Waals surface area contributed by atoms with Gasteiger partial charge in [-0.3, -0.25) is 9.59 Å². The minimum atomic E-state index is -1.47. The zero-order chi connectivity index (χ0) is 32.6. The molecular weight excluding hydrogens is 588 g/mol. The molecule has 4 aromatic rings. The minimum absolute atomic E-state index is 0.0575. The molecule has 2 atom stereocenters. The van der Waals surface area contributed by atoms with Crippen LogP contribution in [0.3, 0.4) is 0 Å². The second-order valence-corrected chi connectivity index (χ2v) is 10.8. The van der Waals surface area contributed by atoms with E-state index >= 15 is 0 Å². The lowest BCUT2D eigenvalue weighted by Gasteiger charge is -2.25. The number of benzene rings is 4. The molecule has 5 N–H and O–H groups in total. The SMILES string of the molecule is COc1cc([C@@H](O)[C@@H]2C(=O)NCCc3ccc(cc3)Oc3ccc(cc3)CCNC(=O)/C=C\c3cc(OC)c(O)c2c3)ccc1O. The topological polar surface area (TPSA) is 147 Å². The summed E-state index contributed by atoms with van der Waals surface area (Å²) in [7, 11) is 2.75. The number of methoxy groups -OCH3 is 2. The van der Waals surface area contributed by atoms with Crippen molar-refractivity contribution in [3.63, 3.8) is 0 Å². The molecule has 10 heteroatoms. The van der Waals surface area contributed by atoms with Gasteiger partial charge >= 0.3 is 0 Å². The van der Waals surface area contributed by atoms with Crippen LogP contribution in [0.25, 0.3) is 6.08 Å². The number of ether oxygens (including phenoxy) is 3. The van der Waals surface area contributed by atoms with Gasteiger partial charge in [-0.2, -0.15) is 0 Å². The van der Waals surface area contributed by atoms with Crippen LogP contribution in [0.4, 0.5) is 0 Å². The Hall–Kier alpha value is -5.48. The lowest BCUT2D eigenvalue weighted by atomic mass is 9.86. The van der Waals surface area contributed by atoms with E-state index in [0.29, 0.717) is 36.4 Å². The predicted molar refractivity (Wildman–Crippen MR) is 172 cm³/mol. The summed E-state index contributed by atoms with van der Waals surface area (Å²) in [6, 6.07) is 22.5. The van der Waals surface area contributed by atoms with Gasteiger partial charge in [0.1, 0.15) is 11.5 Å². The number of carbonyl (C=O) groups is 2. The van der Waals surface area contributed by atoms with Gasteiger partial charge in [0.2, 0.25) is 11.8 Å². The normalized spacial score (nSPS) is 16.9. The van der Waals surface area contributed by atoms with Crippen LogP contribution in [0.15, 0.2) is 84.9 Å². The highest BCUT2D eigenvalue weighted by Gasteiger charge is 2.34. The summed E-state index contributed by atoms with van der Waals surface area (Å²) in [6.45, 7) is 0.639. The first kappa shape index (κ1) is 31.9. The molecule has 6 bridgehead atoms. The van der Waals surface area contributed by atoms with Crippen molar-refractivity contribution in [3.8, 4) is 34.5 Å². The van der Waals surface area contributed by atoms with Gasteiger partial charge in [-0.1, -0.05) is 30.3 Å². The first-order valence-electron chi connectivity index (χ1n) is 14.8. The molecule has 0 saturated carbocycles. The van der Waals surface area contributed by atoms with Crippen LogP contribution in [0.2, 0.25) is 0 Å². The van der Waals surface area contributed by atoms with E-state index in [1.807, 2.05) is 48.5 Å². The Morgan fingerprint density at radius 3 is 1.98 bits per heavy atom. The maximum absolute atomic E-state index is 13.8. The third-order valence-corrected chi connectivity index (χ3v) is 7.76. The first-order chi connectivity index (χ1) is 22.2. The smallest absolute Gasteiger partial charge is 0.244 e. The fourth-order valence-electron chi connectivity index (χ4n) is 5.25. The number of fused-ring (bicyclic) bond motifs is 2. The maximum atomic E-state index is 13.8. The Morgan fingerprint density at radius 2 is 1.37 bits per heavy atom. The van der Waals surface area contributed by atoms with Crippen LogP contribution in [-0.4, -0.2) is 54.4 Å². The molecule has 10 nitrogen and oxygen atoms in total. The fraction of sp³-hybridized carbons (Fsp3) is 0.222. The maximum Gasteiger partial charge on any atom is 0.244 e. The molecule has 0 saturated heterocycles. The van der Waals surface area contributed by atoms with E-state index in [2.05, 4.69) is 10.6 Å². The number of carbonyl (C=O) groups excluding carboxylic acids is 2. The van der Waals surface area contributed by atoms with E-state index in [-0.39, 0.29) is 46.6 Å². The molecule has 2 amide bonds. The van der Waals surface area contributed by atoms with Crippen molar-refractivity contribution in [1.29, 1.82) is 0 Å². The van der Waals surface area contributed by atoms with E-state index in [4.69, 9.17) is 14.2 Å². The summed E-state index contributed by atoms with van der Waals surface area (Å²) in [5.41, 5.74) is 2.80. The molecule has 3 heterocycles. The first-order valence-corrected chi connectivity index (χ1v) is 14.8. The van der Waals surface area contributed by atoms with Gasteiger partial charge in [-0.15, -0.1) is 0 Å². The highest BCUT2D eigenvalue weighted by molar-refractivity contribution is 5.92. The second kappa shape index (κ2) is 14.5. The number of aliphatic hydroxyl groups is 1. The molecular formula is C36H36N2O8. The molecule has 0 fully saturated rings. The monoisotopic (exact) mass is 624 g/mol. The predicted octanol–water partition coefficient (Wildman–Crippen LogP) is 4.77. The van der Waals surface area contributed by atoms with Crippen molar-refractivity contribution < 1.29 is 39.1 Å². The highest BCUT2D eigenvalue weighted by Crippen LogP contribution is 2.43. The molecule has 4 aromatic carbocycles. The van der Waals surface area contributed by atoms with Crippen molar-refractivity contribution in [3.05, 3.63) is 113 Å². The lowest BCUT2D eigenvalue weighted by molar-refractivity contribution is -0.125. The zero-order valence-corrected chi connectivity index (χ0v) is 25.5. The molecule has 7 rings (SSSR count). The van der Waals surface area contributed by atoms with Gasteiger partial charge in [0.05, 0.1) is 26.2 Å². The van der Waals surface area contributed by atoms with Crippen molar-refractivity contribution >= 4 is 17.9 Å². The van der Waals surface area contributed by atoms with E-state index < -0.39 is 17.9 Å². The van der Waals surface area contributed by atoms with E-state index in [0.717, 1.165) is 11.1 Å². The van der Waals surface area contributed by atoms with E-state index in [1.165, 1.54) is 56.7 Å². The number of aliphatic hydroxyl groups excluding tert-OH is 1. The van der Waals surface area contributed by atoms with Crippen LogP contribution in [0.5, 0.6) is 34.5 Å². The summed E-state index contributed by atoms with van der Waals surface area (Å²) >= 11 is 0. The highest BCUT2D eigenvalue weighted by atomic mass is 16.5. The van der Waals surface area contributed by atoms with Crippen molar-refractivity contribution in [2.45, 2.75) is 24.9 Å². The minimum Gasteiger partial charge on any atom is -0.504 e. The third kappa shape index (κ3) is 7.59. The van der Waals surface area contributed by atoms with Gasteiger partial charge in [0.15, 0.2) is 23.0 Å². The second-order valence-electron chi connectivity index (χ2n) is 10.8. The number of phenolic OH excluding ortho intramolecular Hbond substituents is 2. The molecule has 3 aliphatic rings. The number of nitrogens with one attached hydrogen (secondary N) is 2. The third-order valence-electron chi connectivity index (χ3n) is 7.76. The van der Waals surface area contributed by atoms with Crippen LogP contribution < -0.4 is 24.8 Å². The van der Waals surface area contributed by atoms with Crippen LogP contribution in [0.1, 0.15) is 39.8 Å². The van der Waals surface area contributed by atoms with Crippen molar-refractivity contribution in [1.82, 2.24) is 10.6 Å². The molecule has 0 spiro atoms. The van der Waals surface area contributed by atoms with Crippen LogP contribution >= 0.6 is 0 Å². The summed E-state index contributed by atoms with van der Waals surface area (Å²) < 4.78 is 16.6. The number of aromatic hydroxyl groups is 2. The van der Waals surface area contributed by atoms with Crippen LogP contribution in [0, 0.1) is 0 Å². The van der Waals surface area contributed by atoms with E-state index in [9.17, 15) is 24.9 Å². The standard InChI is InChI=1S/C36H36N2O8/c1-44-30-21-25(8-13-29(30)39)34(41)33-28-19-24(20-31(45-2)35(28)42)7-14-32(40)37-17-15-22-3-9-26(10-4-22)46-27-11-5-23(6-12-27)16-18-38-36(33)43/h3-14,19-21,33-34,39,41-42H,15-18H2,1-2H3,(H,37,40)(H,38,43)/b14-7-/t33-,34-/m1/s1. The number of phenols is 2. The number of hydrogen-bond donors (Lipinski definition) is 5. The fourth-order valence-corrected chi connectivity index (χ4v) is 5.25. The van der Waals surface area contributed by atoms with E-state index in [1.54, 1.807) is 0 Å². The molecule has 46 heavy (non-hydrogen) atoms. The van der Waals surface area contributed by atoms with Crippen LogP contribution in [-0.2, 0) is 22.4 Å². The summed E-state index contributed by atoms with van der Waals surface area (Å²) in [6.07, 6.45) is 2.53. The summed E-state index contributed by atoms with van der Waals surface area (Å²) in [4.78, 5) is 26.5. The van der Waals surface area contributed by atoms with Gasteiger partial charge in [-0.05, 0) is 89.7 Å². The van der Waals surface area contributed by atoms with Gasteiger partial charge < -0.3 is 40.2 Å². The molecule has 238 valence electrons. The summed E-state index contributed by atoms with van der Waals surface area (Å²) in [5, 5.41) is 38.7. The lowest BCUT2D eigenvalue weighted by Crippen LogP contribution is -2.34. The average molecular weight is 625 g/mol. The average Bonchev–Trinajstić information content (AvgIpc) is 3.06. The zero-order valence-electron chi connectivity index (χ0n) is 25.5. The Labute approximate surface area is 266 Å². The number of hydrogen-bond acceptors (Lipinski definition) is 8. The van der Waals surface area contributed by atoms with Gasteiger partial charge in [0.25, 0.3) is 0 Å². The Morgan fingerprint density at radius 1 is 0.761 bits per heavy atom. The van der Waals surface area contributed by atoms with Gasteiger partial charge in [-0.25, -0.2) is 0 Å². The van der Waals surface area contributed by atoms with Crippen molar-refractivity contribution in [2.24, 2.45) is 0 Å². The molecule has 0 aromatic heterocycles. The Balaban J connectivity index is 1.52. The van der Waals surface area contributed by atoms with Gasteiger partial charge in [0, 0.05) is 24.7 Å². The number of rotatable bonds is 4. The summed E-state index contributed by atoms with van der Waals surface area (Å²) in [5.74, 6) is -1.15. The van der Waals surface area contributed by atoms with Crippen molar-refractivity contribution in [2.75, 3.05) is 27.3 Å². The molecule has 0 unspecified atom stereocenters. The Bertz CT molecular complexity index is 1720. The largest absolute Gasteiger partial charge is 0.504 e. The molecule has 3 aliphatic heterocycles. The number of amides is 2. The molecule has 0 aliphatic carbocycles. The molecule has 0 radical (unpaired) electrons.